The Kier molecular flexibility index (Phi) is 18.0. The normalized spacial score (nSPS) is 24.2. The van der Waals surface area contributed by atoms with E-state index in [4.69, 9.17) is 18.5 Å². The summed E-state index contributed by atoms with van der Waals surface area (Å²) in [5.41, 5.74) is 0. The highest BCUT2D eigenvalue weighted by atomic mass is 31.2. The second-order valence-electron chi connectivity index (χ2n) is 12.1. The number of likely N-dealkylation sites (tertiary alicyclic amines) is 1. The predicted molar refractivity (Wildman–Crippen MR) is 155 cm³/mol. The molecule has 2 aliphatic rings. The van der Waals surface area contributed by atoms with Gasteiger partial charge < -0.3 is 18.9 Å². The monoisotopic (exact) mass is 562 g/mol. The van der Waals surface area contributed by atoms with Crippen LogP contribution in [0.2, 0.25) is 0 Å². The Morgan fingerprint density at radius 3 is 1.89 bits per heavy atom. The van der Waals surface area contributed by atoms with Gasteiger partial charge in [-0.05, 0) is 58.3 Å². The molecule has 0 amide bonds. The number of phosphoric ester groups is 1. The molecule has 1 aliphatic carbocycles. The highest BCUT2D eigenvalue weighted by Crippen LogP contribution is 2.45. The maximum absolute atomic E-state index is 12.4. The SMILES string of the molecule is CCCCCCCCCCCCCCOC1CCC(OC(C)OP(=O)(O)OCC[N+]2(C)CCCCC2)CC1. The first-order chi connectivity index (χ1) is 18.3. The number of phosphoric acid groups is 1. The van der Waals surface area contributed by atoms with Crippen molar-refractivity contribution in [3.63, 3.8) is 0 Å². The first kappa shape index (κ1) is 34.2. The minimum Gasteiger partial charge on any atom is -0.378 e. The summed E-state index contributed by atoms with van der Waals surface area (Å²) in [4.78, 5) is 10.1. The van der Waals surface area contributed by atoms with Crippen molar-refractivity contribution in [3.8, 4) is 0 Å². The van der Waals surface area contributed by atoms with E-state index in [-0.39, 0.29) is 12.7 Å². The Balaban J connectivity index is 1.43. The van der Waals surface area contributed by atoms with Crippen molar-refractivity contribution < 1.29 is 32.5 Å². The lowest BCUT2D eigenvalue weighted by molar-refractivity contribution is -0.914. The van der Waals surface area contributed by atoms with Gasteiger partial charge in [-0.2, -0.15) is 0 Å². The molecule has 1 saturated heterocycles. The molecule has 0 aromatic heterocycles. The second kappa shape index (κ2) is 20.0. The van der Waals surface area contributed by atoms with Gasteiger partial charge in [0.25, 0.3) is 0 Å². The zero-order chi connectivity index (χ0) is 27.5. The third-order valence-corrected chi connectivity index (χ3v) is 9.49. The van der Waals surface area contributed by atoms with Crippen LogP contribution in [0.3, 0.4) is 0 Å². The maximum atomic E-state index is 12.4. The smallest absolute Gasteiger partial charge is 0.378 e. The predicted octanol–water partition coefficient (Wildman–Crippen LogP) is 8.14. The van der Waals surface area contributed by atoms with E-state index < -0.39 is 14.1 Å². The number of nitrogens with zero attached hydrogens (tertiary/aromatic N) is 1. The van der Waals surface area contributed by atoms with Crippen molar-refractivity contribution in [2.75, 3.05) is 39.9 Å². The van der Waals surface area contributed by atoms with E-state index in [1.165, 1.54) is 89.9 Å². The Morgan fingerprint density at radius 2 is 1.32 bits per heavy atom. The lowest BCUT2D eigenvalue weighted by atomic mass is 9.95. The van der Waals surface area contributed by atoms with Crippen LogP contribution in [0.15, 0.2) is 0 Å². The number of ether oxygens (including phenoxy) is 2. The van der Waals surface area contributed by atoms with Crippen LogP contribution in [0, 0.1) is 0 Å². The molecule has 226 valence electrons. The Labute approximate surface area is 234 Å². The Bertz CT molecular complexity index is 622. The minimum atomic E-state index is -4.12. The van der Waals surface area contributed by atoms with Crippen molar-refractivity contribution >= 4 is 7.82 Å². The fourth-order valence-corrected chi connectivity index (χ4v) is 6.72. The molecule has 2 atom stereocenters. The molecule has 2 fully saturated rings. The quantitative estimate of drug-likeness (QED) is 0.0621. The van der Waals surface area contributed by atoms with Crippen molar-refractivity contribution in [3.05, 3.63) is 0 Å². The van der Waals surface area contributed by atoms with Crippen LogP contribution < -0.4 is 0 Å². The average molecular weight is 563 g/mol. The fourth-order valence-electron chi connectivity index (χ4n) is 5.92. The molecule has 0 aromatic carbocycles. The van der Waals surface area contributed by atoms with Crippen molar-refractivity contribution in [2.45, 2.75) is 154 Å². The number of unbranched alkanes of at least 4 members (excludes halogenated alkanes) is 11. The standard InChI is InChI=1S/C30H60NO6P/c1-4-5-6-7-8-9-10-11-12-13-14-18-26-34-29-19-21-30(22-20-29)36-28(2)37-38(32,33)35-27-25-31(3)23-16-15-17-24-31/h28-30H,4-27H2,1-3H3/p+1. The maximum Gasteiger partial charge on any atom is 0.474 e. The molecule has 0 aromatic rings. The molecule has 38 heavy (non-hydrogen) atoms. The molecule has 2 unspecified atom stereocenters. The summed E-state index contributed by atoms with van der Waals surface area (Å²) in [5.74, 6) is 0. The summed E-state index contributed by atoms with van der Waals surface area (Å²) < 4.78 is 35.8. The third kappa shape index (κ3) is 16.3. The van der Waals surface area contributed by atoms with Gasteiger partial charge in [0, 0.05) is 6.61 Å². The number of hydrogen-bond acceptors (Lipinski definition) is 5. The highest BCUT2D eigenvalue weighted by molar-refractivity contribution is 7.47. The van der Waals surface area contributed by atoms with Crippen molar-refractivity contribution in [1.29, 1.82) is 0 Å². The molecule has 8 heteroatoms. The van der Waals surface area contributed by atoms with Gasteiger partial charge in [-0.25, -0.2) is 4.57 Å². The van der Waals surface area contributed by atoms with E-state index in [1.807, 2.05) is 0 Å². The zero-order valence-corrected chi connectivity index (χ0v) is 26.0. The van der Waals surface area contributed by atoms with E-state index >= 15 is 0 Å². The Morgan fingerprint density at radius 1 is 0.789 bits per heavy atom. The third-order valence-electron chi connectivity index (χ3n) is 8.42. The van der Waals surface area contributed by atoms with Crippen LogP contribution in [0.4, 0.5) is 0 Å². The van der Waals surface area contributed by atoms with Gasteiger partial charge in [0.05, 0.1) is 32.3 Å². The fraction of sp³-hybridized carbons (Fsp3) is 1.00. The van der Waals surface area contributed by atoms with Gasteiger partial charge in [-0.3, -0.25) is 9.05 Å². The van der Waals surface area contributed by atoms with E-state index in [9.17, 15) is 9.46 Å². The number of hydrogen-bond donors (Lipinski definition) is 1. The molecule has 0 bridgehead atoms. The molecule has 1 N–H and O–H groups in total. The van der Waals surface area contributed by atoms with E-state index in [0.717, 1.165) is 62.8 Å². The number of piperidine rings is 1. The summed E-state index contributed by atoms with van der Waals surface area (Å²) in [7, 11) is -1.93. The van der Waals surface area contributed by atoms with Crippen LogP contribution in [-0.2, 0) is 23.1 Å². The molecule has 1 heterocycles. The molecule has 0 radical (unpaired) electrons. The highest BCUT2D eigenvalue weighted by Gasteiger charge is 2.31. The van der Waals surface area contributed by atoms with E-state index in [0.29, 0.717) is 6.10 Å². The van der Waals surface area contributed by atoms with Gasteiger partial charge in [0.2, 0.25) is 0 Å². The van der Waals surface area contributed by atoms with Gasteiger partial charge >= 0.3 is 7.82 Å². The first-order valence-corrected chi connectivity index (χ1v) is 17.6. The topological polar surface area (TPSA) is 74.2 Å². The van der Waals surface area contributed by atoms with Crippen LogP contribution in [-0.4, -0.2) is 67.8 Å². The number of quaternary nitrogens is 1. The van der Waals surface area contributed by atoms with Gasteiger partial charge in [-0.15, -0.1) is 0 Å². The molecular formula is C30H61NO6P+. The number of rotatable bonds is 22. The average Bonchev–Trinajstić information content (AvgIpc) is 2.87. The van der Waals surface area contributed by atoms with Gasteiger partial charge in [-0.1, -0.05) is 77.6 Å². The summed E-state index contributed by atoms with van der Waals surface area (Å²) in [6.07, 6.45) is 23.3. The van der Waals surface area contributed by atoms with Crippen molar-refractivity contribution in [1.82, 2.24) is 0 Å². The number of likely N-dealkylation sites (N-methyl/N-ethyl adjacent to an activating group) is 1. The molecule has 1 aliphatic heterocycles. The summed E-state index contributed by atoms with van der Waals surface area (Å²) in [5, 5.41) is 0. The summed E-state index contributed by atoms with van der Waals surface area (Å²) in [6, 6.07) is 0. The molecule has 2 rings (SSSR count). The van der Waals surface area contributed by atoms with Crippen LogP contribution in [0.25, 0.3) is 0 Å². The molecule has 1 saturated carbocycles. The lowest BCUT2D eigenvalue weighted by Gasteiger charge is -2.37. The molecule has 0 spiro atoms. The van der Waals surface area contributed by atoms with Crippen molar-refractivity contribution in [2.24, 2.45) is 0 Å². The van der Waals surface area contributed by atoms with E-state index in [2.05, 4.69) is 14.0 Å². The molecule has 7 nitrogen and oxygen atoms in total. The van der Waals surface area contributed by atoms with Gasteiger partial charge in [0.15, 0.2) is 6.29 Å². The minimum absolute atomic E-state index is 0.0364. The van der Waals surface area contributed by atoms with Crippen LogP contribution in [0.1, 0.15) is 136 Å². The Hall–Kier alpha value is -0.0100. The summed E-state index contributed by atoms with van der Waals surface area (Å²) in [6.45, 7) is 7.97. The first-order valence-electron chi connectivity index (χ1n) is 16.1. The lowest BCUT2D eigenvalue weighted by Crippen LogP contribution is -2.49. The van der Waals surface area contributed by atoms with E-state index in [1.54, 1.807) is 6.92 Å². The molecular weight excluding hydrogens is 501 g/mol. The van der Waals surface area contributed by atoms with Crippen LogP contribution >= 0.6 is 7.82 Å². The second-order valence-corrected chi connectivity index (χ2v) is 13.5. The largest absolute Gasteiger partial charge is 0.474 e. The van der Waals surface area contributed by atoms with Crippen LogP contribution in [0.5, 0.6) is 0 Å². The zero-order valence-electron chi connectivity index (χ0n) is 25.1. The van der Waals surface area contributed by atoms with Gasteiger partial charge in [0.1, 0.15) is 13.2 Å². The summed E-state index contributed by atoms with van der Waals surface area (Å²) >= 11 is 0.